The fraction of sp³-hybridized carbons (Fsp3) is 0.556. The highest BCUT2D eigenvalue weighted by Gasteiger charge is 2.26. The number of phenolic OH excluding ortho intramolecular Hbond substituents is 1. The second-order valence-electron chi connectivity index (χ2n) is 5.95. The van der Waals surface area contributed by atoms with Gasteiger partial charge >= 0.3 is 5.97 Å². The molecule has 1 aliphatic rings. The van der Waals surface area contributed by atoms with Crippen molar-refractivity contribution in [1.29, 1.82) is 0 Å². The Kier molecular flexibility index (Phi) is 6.91. The van der Waals surface area contributed by atoms with Crippen LogP contribution in [0.4, 0.5) is 0 Å². The zero-order chi connectivity index (χ0) is 18.2. The number of carbonyl (C=O) groups is 1. The Balaban J connectivity index is 2.05. The van der Waals surface area contributed by atoms with Gasteiger partial charge in [-0.1, -0.05) is 0 Å². The molecule has 1 aromatic rings. The lowest BCUT2D eigenvalue weighted by molar-refractivity contribution is -0.146. The van der Waals surface area contributed by atoms with Crippen molar-refractivity contribution >= 4 is 11.9 Å². The van der Waals surface area contributed by atoms with Crippen LogP contribution in [-0.4, -0.2) is 55.8 Å². The largest absolute Gasteiger partial charge is 0.508 e. The van der Waals surface area contributed by atoms with E-state index in [0.717, 1.165) is 38.4 Å². The van der Waals surface area contributed by atoms with Crippen molar-refractivity contribution in [3.63, 3.8) is 0 Å². The SMILES string of the molecule is CCNC(=NCc1cc(OC)ccc1O)N1CCC(C(=O)OC)CC1. The predicted octanol–water partition coefficient (Wildman–Crippen LogP) is 1.75. The van der Waals surface area contributed by atoms with E-state index >= 15 is 0 Å². The van der Waals surface area contributed by atoms with Crippen molar-refractivity contribution in [1.82, 2.24) is 10.2 Å². The summed E-state index contributed by atoms with van der Waals surface area (Å²) in [6.45, 7) is 4.60. The summed E-state index contributed by atoms with van der Waals surface area (Å²) in [5, 5.41) is 13.3. The average Bonchev–Trinajstić information content (AvgIpc) is 2.65. The van der Waals surface area contributed by atoms with Crippen molar-refractivity contribution in [3.05, 3.63) is 23.8 Å². The zero-order valence-corrected chi connectivity index (χ0v) is 15.1. The normalized spacial score (nSPS) is 15.8. The lowest BCUT2D eigenvalue weighted by Gasteiger charge is -2.33. The smallest absolute Gasteiger partial charge is 0.308 e. The fourth-order valence-electron chi connectivity index (χ4n) is 2.90. The first-order valence-corrected chi connectivity index (χ1v) is 8.56. The molecular weight excluding hydrogens is 322 g/mol. The van der Waals surface area contributed by atoms with E-state index < -0.39 is 0 Å². The van der Waals surface area contributed by atoms with Crippen molar-refractivity contribution in [3.8, 4) is 11.5 Å². The molecule has 2 N–H and O–H groups in total. The van der Waals surface area contributed by atoms with Crippen LogP contribution < -0.4 is 10.1 Å². The third-order valence-corrected chi connectivity index (χ3v) is 4.35. The molecule has 0 aromatic heterocycles. The Morgan fingerprint density at radius 2 is 2.08 bits per heavy atom. The number of hydrogen-bond acceptors (Lipinski definition) is 5. The Hall–Kier alpha value is -2.44. The van der Waals surface area contributed by atoms with Crippen LogP contribution >= 0.6 is 0 Å². The van der Waals surface area contributed by atoms with Gasteiger partial charge in [-0.25, -0.2) is 4.99 Å². The van der Waals surface area contributed by atoms with Gasteiger partial charge in [0.1, 0.15) is 11.5 Å². The summed E-state index contributed by atoms with van der Waals surface area (Å²) in [6, 6.07) is 5.11. The molecule has 2 rings (SSSR count). The quantitative estimate of drug-likeness (QED) is 0.479. The van der Waals surface area contributed by atoms with Crippen LogP contribution in [0.2, 0.25) is 0 Å². The third kappa shape index (κ3) is 5.01. The van der Waals surface area contributed by atoms with Gasteiger partial charge in [0.25, 0.3) is 0 Å². The zero-order valence-electron chi connectivity index (χ0n) is 15.1. The van der Waals surface area contributed by atoms with Crippen molar-refractivity contribution < 1.29 is 19.4 Å². The number of guanidine groups is 1. The van der Waals surface area contributed by atoms with Gasteiger partial charge in [-0.2, -0.15) is 0 Å². The van der Waals surface area contributed by atoms with Crippen molar-refractivity contribution in [2.45, 2.75) is 26.3 Å². The van der Waals surface area contributed by atoms with Crippen LogP contribution in [0, 0.1) is 5.92 Å². The van der Waals surface area contributed by atoms with Gasteiger partial charge in [0, 0.05) is 25.2 Å². The van der Waals surface area contributed by atoms with Gasteiger partial charge in [-0.15, -0.1) is 0 Å². The number of phenols is 1. The van der Waals surface area contributed by atoms with E-state index in [1.54, 1.807) is 25.3 Å². The molecule has 7 nitrogen and oxygen atoms in total. The minimum absolute atomic E-state index is 0.0356. The number of aromatic hydroxyl groups is 1. The number of esters is 1. The number of ether oxygens (including phenoxy) is 2. The Labute approximate surface area is 148 Å². The summed E-state index contributed by atoms with van der Waals surface area (Å²) in [7, 11) is 3.02. The molecule has 0 radical (unpaired) electrons. The molecule has 1 aliphatic heterocycles. The molecular formula is C18H27N3O4. The molecule has 0 amide bonds. The molecule has 1 aromatic carbocycles. The van der Waals surface area contributed by atoms with Crippen LogP contribution in [-0.2, 0) is 16.1 Å². The van der Waals surface area contributed by atoms with E-state index in [9.17, 15) is 9.90 Å². The highest BCUT2D eigenvalue weighted by Crippen LogP contribution is 2.24. The number of nitrogens with zero attached hydrogens (tertiary/aromatic N) is 2. The Morgan fingerprint density at radius 1 is 1.36 bits per heavy atom. The average molecular weight is 349 g/mol. The number of nitrogens with one attached hydrogen (secondary N) is 1. The molecule has 0 saturated carbocycles. The van der Waals surface area contributed by atoms with E-state index in [0.29, 0.717) is 17.9 Å². The first-order valence-electron chi connectivity index (χ1n) is 8.56. The number of carbonyl (C=O) groups excluding carboxylic acids is 1. The monoisotopic (exact) mass is 349 g/mol. The number of benzene rings is 1. The number of piperidine rings is 1. The van der Waals surface area contributed by atoms with Crippen LogP contribution in [0.3, 0.4) is 0 Å². The lowest BCUT2D eigenvalue weighted by atomic mass is 9.97. The number of rotatable bonds is 5. The van der Waals surface area contributed by atoms with Gasteiger partial charge in [-0.05, 0) is 38.0 Å². The van der Waals surface area contributed by atoms with E-state index in [2.05, 4.69) is 15.2 Å². The standard InChI is InChI=1S/C18H27N3O4/c1-4-19-18(21-9-7-13(8-10-21)17(23)25-3)20-12-14-11-15(24-2)5-6-16(14)22/h5-6,11,13,22H,4,7-10,12H2,1-3H3,(H,19,20). The summed E-state index contributed by atoms with van der Waals surface area (Å²) in [5.74, 6) is 1.50. The molecule has 1 fully saturated rings. The molecule has 1 saturated heterocycles. The van der Waals surface area contributed by atoms with Gasteiger partial charge in [-0.3, -0.25) is 4.79 Å². The molecule has 7 heteroatoms. The second kappa shape index (κ2) is 9.15. The topological polar surface area (TPSA) is 83.4 Å². The van der Waals surface area contributed by atoms with Crippen LogP contribution in [0.25, 0.3) is 0 Å². The van der Waals surface area contributed by atoms with Crippen LogP contribution in [0.5, 0.6) is 11.5 Å². The van der Waals surface area contributed by atoms with Crippen LogP contribution in [0.15, 0.2) is 23.2 Å². The first kappa shape index (κ1) is 18.9. The maximum atomic E-state index is 11.7. The Morgan fingerprint density at radius 3 is 2.68 bits per heavy atom. The first-order chi connectivity index (χ1) is 12.1. The number of methoxy groups -OCH3 is 2. The minimum Gasteiger partial charge on any atom is -0.508 e. The summed E-state index contributed by atoms with van der Waals surface area (Å²) in [4.78, 5) is 18.4. The second-order valence-corrected chi connectivity index (χ2v) is 5.95. The molecule has 0 atom stereocenters. The van der Waals surface area contributed by atoms with Crippen LogP contribution in [0.1, 0.15) is 25.3 Å². The summed E-state index contributed by atoms with van der Waals surface area (Å²) in [5.41, 5.74) is 0.708. The predicted molar refractivity (Wildman–Crippen MR) is 95.8 cm³/mol. The van der Waals surface area contributed by atoms with Gasteiger partial charge < -0.3 is 24.8 Å². The number of aliphatic imine (C=N–C) groups is 1. The molecule has 1 heterocycles. The van der Waals surface area contributed by atoms with Crippen molar-refractivity contribution in [2.75, 3.05) is 33.9 Å². The number of likely N-dealkylation sites (tertiary alicyclic amines) is 1. The van der Waals surface area contributed by atoms with Crippen molar-refractivity contribution in [2.24, 2.45) is 10.9 Å². The van der Waals surface area contributed by atoms with E-state index in [1.807, 2.05) is 6.92 Å². The lowest BCUT2D eigenvalue weighted by Crippen LogP contribution is -2.46. The third-order valence-electron chi connectivity index (χ3n) is 4.35. The summed E-state index contributed by atoms with van der Waals surface area (Å²) < 4.78 is 10.0. The summed E-state index contributed by atoms with van der Waals surface area (Å²) >= 11 is 0. The highest BCUT2D eigenvalue weighted by molar-refractivity contribution is 5.80. The van der Waals surface area contributed by atoms with E-state index in [-0.39, 0.29) is 17.6 Å². The van der Waals surface area contributed by atoms with E-state index in [4.69, 9.17) is 9.47 Å². The maximum Gasteiger partial charge on any atom is 0.308 e. The maximum absolute atomic E-state index is 11.7. The molecule has 0 aliphatic carbocycles. The molecule has 25 heavy (non-hydrogen) atoms. The molecule has 0 unspecified atom stereocenters. The highest BCUT2D eigenvalue weighted by atomic mass is 16.5. The van der Waals surface area contributed by atoms with Gasteiger partial charge in [0.2, 0.25) is 0 Å². The number of hydrogen-bond donors (Lipinski definition) is 2. The molecule has 0 spiro atoms. The summed E-state index contributed by atoms with van der Waals surface area (Å²) in [6.07, 6.45) is 1.50. The van der Waals surface area contributed by atoms with Gasteiger partial charge in [0.15, 0.2) is 5.96 Å². The minimum atomic E-state index is -0.136. The van der Waals surface area contributed by atoms with E-state index in [1.165, 1.54) is 7.11 Å². The molecule has 0 bridgehead atoms. The molecule has 138 valence electrons. The Bertz CT molecular complexity index is 610. The fourth-order valence-corrected chi connectivity index (χ4v) is 2.90. The van der Waals surface area contributed by atoms with Gasteiger partial charge in [0.05, 0.1) is 26.7 Å².